The quantitative estimate of drug-likeness (QED) is 0.754. The SMILES string of the molecule is CC(C)c1ccc(=O)c2c(c1)CC(Cl)=CS2. The van der Waals surface area contributed by atoms with Crippen molar-refractivity contribution >= 4 is 23.4 Å². The maximum Gasteiger partial charge on any atom is 0.192 e. The summed E-state index contributed by atoms with van der Waals surface area (Å²) in [6, 6.07) is 5.68. The van der Waals surface area contributed by atoms with Gasteiger partial charge in [-0.2, -0.15) is 0 Å². The van der Waals surface area contributed by atoms with Gasteiger partial charge in [-0.1, -0.05) is 49.3 Å². The van der Waals surface area contributed by atoms with Crippen LogP contribution in [0.15, 0.2) is 38.3 Å². The van der Waals surface area contributed by atoms with E-state index in [1.807, 2.05) is 11.5 Å². The molecule has 3 heteroatoms. The fraction of sp³-hybridized carbons (Fsp3) is 0.308. The van der Waals surface area contributed by atoms with E-state index in [1.165, 1.54) is 17.3 Å². The molecule has 1 heterocycles. The van der Waals surface area contributed by atoms with Gasteiger partial charge in [-0.05, 0) is 28.5 Å². The third-order valence-electron chi connectivity index (χ3n) is 2.61. The summed E-state index contributed by atoms with van der Waals surface area (Å²) in [5.74, 6) is 0.422. The molecule has 0 saturated carbocycles. The highest BCUT2D eigenvalue weighted by Crippen LogP contribution is 2.31. The maximum atomic E-state index is 11.9. The minimum atomic E-state index is 0.0901. The van der Waals surface area contributed by atoms with Crippen molar-refractivity contribution in [2.24, 2.45) is 0 Å². The van der Waals surface area contributed by atoms with Crippen LogP contribution in [0, 0.1) is 0 Å². The number of hydrogen-bond donors (Lipinski definition) is 0. The van der Waals surface area contributed by atoms with Crippen LogP contribution in [0.3, 0.4) is 0 Å². The molecule has 0 atom stereocenters. The van der Waals surface area contributed by atoms with Gasteiger partial charge in [-0.3, -0.25) is 4.79 Å². The van der Waals surface area contributed by atoms with E-state index < -0.39 is 0 Å². The lowest BCUT2D eigenvalue weighted by molar-refractivity contribution is 0.865. The zero-order chi connectivity index (χ0) is 11.7. The molecule has 0 saturated heterocycles. The first-order valence-electron chi connectivity index (χ1n) is 5.26. The Bertz CT molecular complexity index is 506. The van der Waals surface area contributed by atoms with Crippen LogP contribution in [0.2, 0.25) is 0 Å². The maximum absolute atomic E-state index is 11.9. The molecule has 1 aromatic carbocycles. The van der Waals surface area contributed by atoms with Gasteiger partial charge in [0.25, 0.3) is 0 Å². The Balaban J connectivity index is 2.61. The van der Waals surface area contributed by atoms with Crippen molar-refractivity contribution in [3.63, 3.8) is 0 Å². The molecule has 0 bridgehead atoms. The van der Waals surface area contributed by atoms with Crippen LogP contribution in [-0.2, 0) is 6.42 Å². The van der Waals surface area contributed by atoms with Gasteiger partial charge in [0.05, 0.1) is 4.90 Å². The van der Waals surface area contributed by atoms with E-state index in [0.29, 0.717) is 12.3 Å². The van der Waals surface area contributed by atoms with Gasteiger partial charge in [0.2, 0.25) is 0 Å². The van der Waals surface area contributed by atoms with Gasteiger partial charge < -0.3 is 0 Å². The highest BCUT2D eigenvalue weighted by atomic mass is 35.5. The number of hydrogen-bond acceptors (Lipinski definition) is 2. The molecule has 16 heavy (non-hydrogen) atoms. The third kappa shape index (κ3) is 2.33. The molecule has 0 unspecified atom stereocenters. The van der Waals surface area contributed by atoms with Gasteiger partial charge in [0.1, 0.15) is 0 Å². The summed E-state index contributed by atoms with van der Waals surface area (Å²) < 4.78 is 0. The Morgan fingerprint density at radius 3 is 2.81 bits per heavy atom. The topological polar surface area (TPSA) is 17.1 Å². The molecule has 1 aliphatic rings. The Morgan fingerprint density at radius 2 is 2.12 bits per heavy atom. The zero-order valence-electron chi connectivity index (χ0n) is 9.29. The summed E-state index contributed by atoms with van der Waals surface area (Å²) in [5.41, 5.74) is 2.33. The molecule has 0 aromatic heterocycles. The van der Waals surface area contributed by atoms with Crippen molar-refractivity contribution < 1.29 is 0 Å². The van der Waals surface area contributed by atoms with Gasteiger partial charge in [0.15, 0.2) is 5.43 Å². The lowest BCUT2D eigenvalue weighted by Crippen LogP contribution is -2.03. The van der Waals surface area contributed by atoms with E-state index in [4.69, 9.17) is 11.6 Å². The summed E-state index contributed by atoms with van der Waals surface area (Å²) in [6.45, 7) is 4.25. The van der Waals surface area contributed by atoms with E-state index in [0.717, 1.165) is 15.5 Å². The van der Waals surface area contributed by atoms with Crippen LogP contribution in [0.25, 0.3) is 0 Å². The predicted octanol–water partition coefficient (Wildman–Crippen LogP) is 3.90. The van der Waals surface area contributed by atoms with Crippen molar-refractivity contribution in [3.05, 3.63) is 50.0 Å². The smallest absolute Gasteiger partial charge is 0.192 e. The summed E-state index contributed by atoms with van der Waals surface area (Å²) in [5, 5.41) is 2.65. The molecule has 84 valence electrons. The van der Waals surface area contributed by atoms with Crippen LogP contribution in [0.5, 0.6) is 0 Å². The predicted molar refractivity (Wildman–Crippen MR) is 70.3 cm³/mol. The van der Waals surface area contributed by atoms with E-state index >= 15 is 0 Å². The minimum absolute atomic E-state index is 0.0901. The lowest BCUT2D eigenvalue weighted by atomic mass is 10.0. The van der Waals surface area contributed by atoms with Crippen molar-refractivity contribution in [2.75, 3.05) is 0 Å². The molecule has 1 nitrogen and oxygen atoms in total. The summed E-state index contributed by atoms with van der Waals surface area (Å²) in [4.78, 5) is 12.7. The van der Waals surface area contributed by atoms with E-state index in [2.05, 4.69) is 19.9 Å². The fourth-order valence-electron chi connectivity index (χ4n) is 1.69. The van der Waals surface area contributed by atoms with E-state index in [-0.39, 0.29) is 5.43 Å². The molecule has 1 aliphatic heterocycles. The van der Waals surface area contributed by atoms with E-state index in [1.54, 1.807) is 6.07 Å². The molecule has 0 fully saturated rings. The molecule has 0 N–H and O–H groups in total. The first-order valence-corrected chi connectivity index (χ1v) is 6.52. The second-order valence-corrected chi connectivity index (χ2v) is 5.58. The van der Waals surface area contributed by atoms with Gasteiger partial charge >= 0.3 is 0 Å². The highest BCUT2D eigenvalue weighted by molar-refractivity contribution is 8.02. The van der Waals surface area contributed by atoms with Crippen molar-refractivity contribution in [1.29, 1.82) is 0 Å². The fourth-order valence-corrected chi connectivity index (χ4v) is 2.76. The molecule has 0 spiro atoms. The average molecular weight is 253 g/mol. The third-order valence-corrected chi connectivity index (χ3v) is 4.09. The molecule has 0 radical (unpaired) electrons. The first-order chi connectivity index (χ1) is 7.58. The number of allylic oxidation sites excluding steroid dienone is 1. The lowest BCUT2D eigenvalue weighted by Gasteiger charge is -2.10. The number of rotatable bonds is 1. The number of thioether (sulfide) groups is 1. The average Bonchev–Trinajstić information content (AvgIpc) is 2.38. The largest absolute Gasteiger partial charge is 0.289 e. The van der Waals surface area contributed by atoms with Gasteiger partial charge in [-0.25, -0.2) is 0 Å². The minimum Gasteiger partial charge on any atom is -0.289 e. The number of halogens is 1. The highest BCUT2D eigenvalue weighted by Gasteiger charge is 2.13. The Hall–Kier alpha value is -0.730. The Kier molecular flexibility index (Phi) is 3.41. The Labute approximate surface area is 105 Å². The zero-order valence-corrected chi connectivity index (χ0v) is 10.9. The monoisotopic (exact) mass is 252 g/mol. The van der Waals surface area contributed by atoms with Gasteiger partial charge in [0, 0.05) is 11.5 Å². The molecule has 1 aromatic rings. The van der Waals surface area contributed by atoms with Crippen LogP contribution in [0.1, 0.15) is 30.9 Å². The van der Waals surface area contributed by atoms with Crippen molar-refractivity contribution in [1.82, 2.24) is 0 Å². The molecule has 0 aliphatic carbocycles. The second kappa shape index (κ2) is 4.64. The van der Waals surface area contributed by atoms with Crippen molar-refractivity contribution in [3.8, 4) is 0 Å². The second-order valence-electron chi connectivity index (χ2n) is 4.21. The number of fused-ring (bicyclic) bond motifs is 1. The van der Waals surface area contributed by atoms with Crippen LogP contribution >= 0.6 is 23.4 Å². The normalized spacial score (nSPS) is 14.6. The summed E-state index contributed by atoms with van der Waals surface area (Å²) >= 11 is 7.44. The standard InChI is InChI=1S/C13H13ClOS/c1-8(2)9-3-4-12(15)13-10(5-9)6-11(14)7-16-13/h3-5,7-8H,6H2,1-2H3. The first kappa shape index (κ1) is 11.7. The molecule has 2 rings (SSSR count). The molecular weight excluding hydrogens is 240 g/mol. The summed E-state index contributed by atoms with van der Waals surface area (Å²) in [6.07, 6.45) is 0.674. The Morgan fingerprint density at radius 1 is 1.38 bits per heavy atom. The van der Waals surface area contributed by atoms with Crippen LogP contribution < -0.4 is 5.43 Å². The van der Waals surface area contributed by atoms with Gasteiger partial charge in [-0.15, -0.1) is 0 Å². The van der Waals surface area contributed by atoms with Crippen LogP contribution in [-0.4, -0.2) is 0 Å². The van der Waals surface area contributed by atoms with Crippen molar-refractivity contribution in [2.45, 2.75) is 31.1 Å². The molecule has 0 amide bonds. The summed E-state index contributed by atoms with van der Waals surface area (Å²) in [7, 11) is 0. The van der Waals surface area contributed by atoms with E-state index in [9.17, 15) is 4.79 Å². The van der Waals surface area contributed by atoms with Crippen LogP contribution in [0.4, 0.5) is 0 Å². The molecular formula is C13H13ClOS.